The molecule has 1 rings (SSSR count). The third-order valence-corrected chi connectivity index (χ3v) is 3.87. The van der Waals surface area contributed by atoms with Crippen LogP contribution in [-0.2, 0) is 0 Å². The van der Waals surface area contributed by atoms with Gasteiger partial charge in [0, 0.05) is 12.6 Å². The smallest absolute Gasteiger partial charge is 0.0645 e. The van der Waals surface area contributed by atoms with Crippen molar-refractivity contribution in [1.29, 1.82) is 0 Å². The first-order chi connectivity index (χ1) is 9.90. The van der Waals surface area contributed by atoms with Crippen molar-refractivity contribution < 1.29 is 0 Å². The number of allylic oxidation sites excluding steroid dienone is 4. The van der Waals surface area contributed by atoms with Gasteiger partial charge < -0.3 is 0 Å². The molecule has 0 amide bonds. The molecule has 0 aliphatic heterocycles. The summed E-state index contributed by atoms with van der Waals surface area (Å²) in [6.07, 6.45) is 6.48. The number of nitrogens with zero attached hydrogens (tertiary/aromatic N) is 1. The number of hydrogen-bond acceptors (Lipinski definition) is 1. The fraction of sp³-hybridized carbons (Fsp3) is 0.450. The fourth-order valence-electron chi connectivity index (χ4n) is 2.42. The van der Waals surface area contributed by atoms with Crippen LogP contribution in [0, 0.1) is 12.8 Å². The van der Waals surface area contributed by atoms with Crippen LogP contribution in [0.15, 0.2) is 47.0 Å². The Balaban J connectivity index is 3.10. The standard InChI is InChI=1S/C20H29N/c1-8-17(14(2)3)10-12-20(21-7)19-11-9-18(15(4)5)13-16(19)6/h8-15H,1-7H3/b12-10-,17-8+,21-20-. The van der Waals surface area contributed by atoms with E-state index in [2.05, 4.69) is 83.0 Å². The summed E-state index contributed by atoms with van der Waals surface area (Å²) in [7, 11) is 1.86. The summed E-state index contributed by atoms with van der Waals surface area (Å²) in [6, 6.07) is 6.69. The zero-order valence-corrected chi connectivity index (χ0v) is 14.6. The Kier molecular flexibility index (Phi) is 6.61. The minimum Gasteiger partial charge on any atom is -0.288 e. The molecule has 114 valence electrons. The molecule has 0 fully saturated rings. The first-order valence-electron chi connectivity index (χ1n) is 7.82. The molecule has 1 nitrogen and oxygen atoms in total. The van der Waals surface area contributed by atoms with Crippen molar-refractivity contribution in [2.24, 2.45) is 10.9 Å². The third kappa shape index (κ3) is 4.70. The highest BCUT2D eigenvalue weighted by molar-refractivity contribution is 6.09. The predicted molar refractivity (Wildman–Crippen MR) is 95.5 cm³/mol. The molecule has 0 spiro atoms. The highest BCUT2D eigenvalue weighted by Gasteiger charge is 2.07. The molecule has 21 heavy (non-hydrogen) atoms. The summed E-state index contributed by atoms with van der Waals surface area (Å²) in [4.78, 5) is 4.46. The van der Waals surface area contributed by atoms with Gasteiger partial charge in [-0.3, -0.25) is 4.99 Å². The van der Waals surface area contributed by atoms with Crippen molar-refractivity contribution in [3.05, 3.63) is 58.7 Å². The minimum atomic E-state index is 0.536. The summed E-state index contributed by atoms with van der Waals surface area (Å²) in [5.41, 5.74) is 6.28. The van der Waals surface area contributed by atoms with E-state index in [1.807, 2.05) is 7.05 Å². The monoisotopic (exact) mass is 283 g/mol. The molecule has 0 heterocycles. The van der Waals surface area contributed by atoms with Gasteiger partial charge in [0.1, 0.15) is 0 Å². The zero-order valence-electron chi connectivity index (χ0n) is 14.6. The molecule has 0 aliphatic carbocycles. The lowest BCUT2D eigenvalue weighted by atomic mass is 9.95. The topological polar surface area (TPSA) is 12.4 Å². The van der Waals surface area contributed by atoms with Crippen LogP contribution < -0.4 is 0 Å². The van der Waals surface area contributed by atoms with Crippen LogP contribution in [0.3, 0.4) is 0 Å². The normalized spacial score (nSPS) is 13.8. The lowest BCUT2D eigenvalue weighted by Crippen LogP contribution is -2.02. The van der Waals surface area contributed by atoms with Crippen molar-refractivity contribution in [3.8, 4) is 0 Å². The SMILES string of the molecule is C\C=C(/C=C\C(=N\C)c1ccc(C(C)C)cc1C)C(C)C. The summed E-state index contributed by atoms with van der Waals surface area (Å²) >= 11 is 0. The Morgan fingerprint density at radius 1 is 1.10 bits per heavy atom. The van der Waals surface area contributed by atoms with E-state index in [1.54, 1.807) is 0 Å². The zero-order chi connectivity index (χ0) is 16.0. The van der Waals surface area contributed by atoms with E-state index in [9.17, 15) is 0 Å². The lowest BCUT2D eigenvalue weighted by Gasteiger charge is -2.11. The molecule has 0 saturated heterocycles. The van der Waals surface area contributed by atoms with Gasteiger partial charge in [-0.05, 0) is 48.5 Å². The second kappa shape index (κ2) is 7.97. The second-order valence-corrected chi connectivity index (χ2v) is 6.11. The van der Waals surface area contributed by atoms with Crippen LogP contribution in [0.5, 0.6) is 0 Å². The van der Waals surface area contributed by atoms with Crippen LogP contribution in [-0.4, -0.2) is 12.8 Å². The number of hydrogen-bond donors (Lipinski definition) is 0. The summed E-state index contributed by atoms with van der Waals surface area (Å²) < 4.78 is 0. The van der Waals surface area contributed by atoms with Crippen molar-refractivity contribution in [3.63, 3.8) is 0 Å². The molecule has 1 aromatic rings. The van der Waals surface area contributed by atoms with Crippen LogP contribution in [0.4, 0.5) is 0 Å². The van der Waals surface area contributed by atoms with E-state index >= 15 is 0 Å². The maximum absolute atomic E-state index is 4.46. The van der Waals surface area contributed by atoms with E-state index in [0.717, 1.165) is 5.71 Å². The Labute approximate surface area is 130 Å². The number of benzene rings is 1. The second-order valence-electron chi connectivity index (χ2n) is 6.11. The summed E-state index contributed by atoms with van der Waals surface area (Å²) in [6.45, 7) is 13.1. The molecule has 0 unspecified atom stereocenters. The van der Waals surface area contributed by atoms with E-state index in [4.69, 9.17) is 0 Å². The van der Waals surface area contributed by atoms with Gasteiger partial charge in [-0.2, -0.15) is 0 Å². The molecule has 0 radical (unpaired) electrons. The highest BCUT2D eigenvalue weighted by atomic mass is 14.7. The average molecular weight is 283 g/mol. The maximum Gasteiger partial charge on any atom is 0.0645 e. The molecule has 0 N–H and O–H groups in total. The van der Waals surface area contributed by atoms with Gasteiger partial charge >= 0.3 is 0 Å². The van der Waals surface area contributed by atoms with Gasteiger partial charge in [-0.25, -0.2) is 0 Å². The van der Waals surface area contributed by atoms with E-state index in [-0.39, 0.29) is 0 Å². The Morgan fingerprint density at radius 2 is 1.76 bits per heavy atom. The number of rotatable bonds is 5. The molecule has 0 aliphatic rings. The number of aryl methyl sites for hydroxylation is 1. The van der Waals surface area contributed by atoms with Crippen molar-refractivity contribution in [2.75, 3.05) is 7.05 Å². The largest absolute Gasteiger partial charge is 0.288 e. The van der Waals surface area contributed by atoms with E-state index in [1.165, 1.54) is 22.3 Å². The van der Waals surface area contributed by atoms with Gasteiger partial charge in [0.2, 0.25) is 0 Å². The van der Waals surface area contributed by atoms with Crippen molar-refractivity contribution in [2.45, 2.75) is 47.5 Å². The molecule has 0 aromatic heterocycles. The quantitative estimate of drug-likeness (QED) is 0.486. The van der Waals surface area contributed by atoms with E-state index < -0.39 is 0 Å². The predicted octanol–water partition coefficient (Wildman–Crippen LogP) is 5.70. The summed E-state index contributed by atoms with van der Waals surface area (Å²) in [5.74, 6) is 1.10. The molecule has 0 atom stereocenters. The molecule has 1 heteroatoms. The van der Waals surface area contributed by atoms with Crippen LogP contribution in [0.2, 0.25) is 0 Å². The van der Waals surface area contributed by atoms with Crippen LogP contribution >= 0.6 is 0 Å². The van der Waals surface area contributed by atoms with Gasteiger partial charge in [0.05, 0.1) is 5.71 Å². The minimum absolute atomic E-state index is 0.536. The van der Waals surface area contributed by atoms with Gasteiger partial charge in [-0.1, -0.05) is 58.0 Å². The summed E-state index contributed by atoms with van der Waals surface area (Å²) in [5, 5.41) is 0. The Bertz CT molecular complexity index is 557. The van der Waals surface area contributed by atoms with Crippen molar-refractivity contribution in [1.82, 2.24) is 0 Å². The van der Waals surface area contributed by atoms with Crippen LogP contribution in [0.25, 0.3) is 0 Å². The van der Waals surface area contributed by atoms with E-state index in [0.29, 0.717) is 11.8 Å². The third-order valence-electron chi connectivity index (χ3n) is 3.87. The Hall–Kier alpha value is -1.63. The lowest BCUT2D eigenvalue weighted by molar-refractivity contribution is 0.790. The van der Waals surface area contributed by atoms with Crippen LogP contribution in [0.1, 0.15) is 57.2 Å². The first-order valence-corrected chi connectivity index (χ1v) is 7.82. The first kappa shape index (κ1) is 17.4. The molecular weight excluding hydrogens is 254 g/mol. The highest BCUT2D eigenvalue weighted by Crippen LogP contribution is 2.20. The fourth-order valence-corrected chi connectivity index (χ4v) is 2.42. The van der Waals surface area contributed by atoms with Gasteiger partial charge in [0.25, 0.3) is 0 Å². The Morgan fingerprint density at radius 3 is 2.19 bits per heavy atom. The van der Waals surface area contributed by atoms with Crippen molar-refractivity contribution >= 4 is 5.71 Å². The molecule has 0 bridgehead atoms. The number of aliphatic imine (C=N–C) groups is 1. The molecule has 0 saturated carbocycles. The average Bonchev–Trinajstić information content (AvgIpc) is 2.44. The molecule has 1 aromatic carbocycles. The maximum atomic E-state index is 4.46. The van der Waals surface area contributed by atoms with Gasteiger partial charge in [0.15, 0.2) is 0 Å². The molecular formula is C20H29N. The van der Waals surface area contributed by atoms with Gasteiger partial charge in [-0.15, -0.1) is 0 Å².